The lowest BCUT2D eigenvalue weighted by Crippen LogP contribution is -2.33. The second-order valence-electron chi connectivity index (χ2n) is 6.95. The van der Waals surface area contributed by atoms with Gasteiger partial charge in [-0.1, -0.05) is 37.3 Å². The Morgan fingerprint density at radius 1 is 0.893 bits per heavy atom. The van der Waals surface area contributed by atoms with Gasteiger partial charge in [0.1, 0.15) is 23.7 Å². The fourth-order valence-corrected chi connectivity index (χ4v) is 3.50. The third-order valence-corrected chi connectivity index (χ3v) is 5.12. The maximum absolute atomic E-state index is 12.1. The standard InChI is InChI=1S/C23H19N3O2/c1-15(27)21(16(2)28)11-23(3,20-7-5-4-6-8-20)22-10-18(13-25)17(12-24)9-19(22)14-26/h4-10,21H,11H2,1-3H3. The van der Waals surface area contributed by atoms with Crippen LogP contribution in [0.3, 0.4) is 0 Å². The largest absolute Gasteiger partial charge is 0.299 e. The maximum Gasteiger partial charge on any atom is 0.140 e. The van der Waals surface area contributed by atoms with Gasteiger partial charge in [-0.05, 0) is 43.5 Å². The van der Waals surface area contributed by atoms with E-state index in [0.29, 0.717) is 5.56 Å². The Labute approximate surface area is 164 Å². The number of carbonyl (C=O) groups excluding carboxylic acids is 2. The average molecular weight is 369 g/mol. The van der Waals surface area contributed by atoms with E-state index in [2.05, 4.69) is 6.07 Å². The molecular formula is C23H19N3O2. The number of nitrogens with zero attached hydrogens (tertiary/aromatic N) is 3. The van der Waals surface area contributed by atoms with E-state index in [1.807, 2.05) is 49.4 Å². The molecule has 0 saturated carbocycles. The molecule has 0 bridgehead atoms. The van der Waals surface area contributed by atoms with Crippen LogP contribution in [0.1, 0.15) is 55.0 Å². The van der Waals surface area contributed by atoms with E-state index in [1.165, 1.54) is 26.0 Å². The quantitative estimate of drug-likeness (QED) is 0.720. The van der Waals surface area contributed by atoms with Crippen LogP contribution in [-0.2, 0) is 15.0 Å². The number of ketones is 2. The molecule has 0 aromatic heterocycles. The monoisotopic (exact) mass is 369 g/mol. The SMILES string of the molecule is CC(=O)C(CC(C)(c1ccccc1)c1cc(C#N)c(C#N)cc1C#N)C(C)=O. The van der Waals surface area contributed by atoms with Gasteiger partial charge < -0.3 is 0 Å². The molecule has 2 aromatic carbocycles. The van der Waals surface area contributed by atoms with Crippen LogP contribution in [0.15, 0.2) is 42.5 Å². The smallest absolute Gasteiger partial charge is 0.140 e. The van der Waals surface area contributed by atoms with Crippen LogP contribution in [0.4, 0.5) is 0 Å². The molecular weight excluding hydrogens is 350 g/mol. The van der Waals surface area contributed by atoms with Gasteiger partial charge in [0.05, 0.1) is 28.7 Å². The third kappa shape index (κ3) is 3.83. The molecule has 0 N–H and O–H groups in total. The molecule has 0 saturated heterocycles. The average Bonchev–Trinajstić information content (AvgIpc) is 2.70. The number of nitriles is 3. The zero-order valence-electron chi connectivity index (χ0n) is 16.0. The summed E-state index contributed by atoms with van der Waals surface area (Å²) in [4.78, 5) is 24.2. The first kappa shape index (κ1) is 20.6. The lowest BCUT2D eigenvalue weighted by Gasteiger charge is -2.34. The molecule has 0 aliphatic heterocycles. The minimum Gasteiger partial charge on any atom is -0.299 e. The Morgan fingerprint density at radius 3 is 1.86 bits per heavy atom. The van der Waals surface area contributed by atoms with Crippen molar-refractivity contribution in [1.82, 2.24) is 0 Å². The molecule has 0 aliphatic carbocycles. The molecule has 28 heavy (non-hydrogen) atoms. The summed E-state index contributed by atoms with van der Waals surface area (Å²) in [5.74, 6) is -1.33. The minimum atomic E-state index is -0.881. The zero-order chi connectivity index (χ0) is 20.9. The number of Topliss-reactive ketones (excluding diaryl/α,β-unsaturated/α-hetero) is 2. The van der Waals surface area contributed by atoms with Crippen LogP contribution in [0.5, 0.6) is 0 Å². The van der Waals surface area contributed by atoms with Gasteiger partial charge in [-0.2, -0.15) is 15.8 Å². The van der Waals surface area contributed by atoms with E-state index in [9.17, 15) is 25.4 Å². The summed E-state index contributed by atoms with van der Waals surface area (Å²) in [5.41, 5.74) is 0.965. The number of carbonyl (C=O) groups is 2. The van der Waals surface area contributed by atoms with Crippen molar-refractivity contribution in [2.75, 3.05) is 0 Å². The van der Waals surface area contributed by atoms with E-state index in [0.717, 1.165) is 5.56 Å². The first-order chi connectivity index (χ1) is 13.3. The summed E-state index contributed by atoms with van der Waals surface area (Å²) < 4.78 is 0. The Kier molecular flexibility index (Phi) is 6.09. The van der Waals surface area contributed by atoms with Gasteiger partial charge in [0.2, 0.25) is 0 Å². The Balaban J connectivity index is 2.83. The minimum absolute atomic E-state index is 0.118. The summed E-state index contributed by atoms with van der Waals surface area (Å²) in [6.45, 7) is 4.61. The topological polar surface area (TPSA) is 106 Å². The van der Waals surface area contributed by atoms with Crippen LogP contribution in [0.25, 0.3) is 0 Å². The van der Waals surface area contributed by atoms with Gasteiger partial charge in [0.25, 0.3) is 0 Å². The van der Waals surface area contributed by atoms with Crippen molar-refractivity contribution in [3.05, 3.63) is 70.3 Å². The molecule has 5 nitrogen and oxygen atoms in total. The Bertz CT molecular complexity index is 1040. The molecule has 1 unspecified atom stereocenters. The predicted octanol–water partition coefficient (Wildman–Crippen LogP) is 3.79. The van der Waals surface area contributed by atoms with Gasteiger partial charge >= 0.3 is 0 Å². The molecule has 0 heterocycles. The molecule has 138 valence electrons. The fourth-order valence-electron chi connectivity index (χ4n) is 3.50. The van der Waals surface area contributed by atoms with Crippen LogP contribution in [0, 0.1) is 39.9 Å². The number of hydrogen-bond acceptors (Lipinski definition) is 5. The molecule has 2 rings (SSSR count). The summed E-state index contributed by atoms with van der Waals surface area (Å²) in [6, 6.07) is 18.2. The highest BCUT2D eigenvalue weighted by atomic mass is 16.1. The van der Waals surface area contributed by atoms with Crippen molar-refractivity contribution in [3.8, 4) is 18.2 Å². The molecule has 0 fully saturated rings. The van der Waals surface area contributed by atoms with Crippen LogP contribution in [0.2, 0.25) is 0 Å². The van der Waals surface area contributed by atoms with Crippen molar-refractivity contribution < 1.29 is 9.59 Å². The number of hydrogen-bond donors (Lipinski definition) is 0. The maximum atomic E-state index is 12.1. The molecule has 1 atom stereocenters. The Hall–Kier alpha value is -3.75. The van der Waals surface area contributed by atoms with Crippen LogP contribution >= 0.6 is 0 Å². The highest BCUT2D eigenvalue weighted by Crippen LogP contribution is 2.40. The van der Waals surface area contributed by atoms with E-state index in [-0.39, 0.29) is 34.7 Å². The van der Waals surface area contributed by atoms with Crippen molar-refractivity contribution in [1.29, 1.82) is 15.8 Å². The molecule has 2 aromatic rings. The van der Waals surface area contributed by atoms with E-state index >= 15 is 0 Å². The fraction of sp³-hybridized carbons (Fsp3) is 0.261. The normalized spacial score (nSPS) is 12.3. The molecule has 0 spiro atoms. The Morgan fingerprint density at radius 2 is 1.39 bits per heavy atom. The molecule has 0 aliphatic rings. The first-order valence-electron chi connectivity index (χ1n) is 8.73. The second kappa shape index (κ2) is 8.30. The van der Waals surface area contributed by atoms with Crippen molar-refractivity contribution in [3.63, 3.8) is 0 Å². The molecule has 5 heteroatoms. The number of benzene rings is 2. The van der Waals surface area contributed by atoms with Gasteiger partial charge in [-0.25, -0.2) is 0 Å². The molecule has 0 radical (unpaired) electrons. The number of rotatable bonds is 6. The highest BCUT2D eigenvalue weighted by Gasteiger charge is 2.37. The van der Waals surface area contributed by atoms with Crippen LogP contribution < -0.4 is 0 Å². The predicted molar refractivity (Wildman–Crippen MR) is 103 cm³/mol. The zero-order valence-corrected chi connectivity index (χ0v) is 16.0. The van der Waals surface area contributed by atoms with E-state index in [1.54, 1.807) is 0 Å². The highest BCUT2D eigenvalue weighted by molar-refractivity contribution is 6.00. The van der Waals surface area contributed by atoms with Crippen molar-refractivity contribution in [2.45, 2.75) is 32.6 Å². The van der Waals surface area contributed by atoms with Crippen molar-refractivity contribution in [2.24, 2.45) is 5.92 Å². The van der Waals surface area contributed by atoms with Gasteiger partial charge in [-0.3, -0.25) is 9.59 Å². The summed E-state index contributed by atoms with van der Waals surface area (Å²) in [7, 11) is 0. The van der Waals surface area contributed by atoms with Crippen molar-refractivity contribution >= 4 is 11.6 Å². The van der Waals surface area contributed by atoms with Crippen LogP contribution in [-0.4, -0.2) is 11.6 Å². The van der Waals surface area contributed by atoms with Gasteiger partial charge in [0, 0.05) is 5.41 Å². The first-order valence-corrected chi connectivity index (χ1v) is 8.73. The lowest BCUT2D eigenvalue weighted by molar-refractivity contribution is -0.131. The summed E-state index contributed by atoms with van der Waals surface area (Å²) in [6.07, 6.45) is 0.160. The molecule has 0 amide bonds. The van der Waals surface area contributed by atoms with E-state index < -0.39 is 11.3 Å². The second-order valence-corrected chi connectivity index (χ2v) is 6.95. The third-order valence-electron chi connectivity index (χ3n) is 5.12. The lowest BCUT2D eigenvalue weighted by atomic mass is 9.67. The summed E-state index contributed by atoms with van der Waals surface area (Å²) in [5, 5.41) is 28.4. The van der Waals surface area contributed by atoms with Gasteiger partial charge in [0.15, 0.2) is 0 Å². The van der Waals surface area contributed by atoms with Gasteiger partial charge in [-0.15, -0.1) is 0 Å². The van der Waals surface area contributed by atoms with E-state index in [4.69, 9.17) is 0 Å². The summed E-state index contributed by atoms with van der Waals surface area (Å²) >= 11 is 0.